The molecule has 3 heteroatoms. The average molecular weight is 213 g/mol. The van der Waals surface area contributed by atoms with Crippen LogP contribution in [0.2, 0.25) is 0 Å². The maximum absolute atomic E-state index is 3.50. The summed E-state index contributed by atoms with van der Waals surface area (Å²) in [5.74, 6) is 0.892. The van der Waals surface area contributed by atoms with Gasteiger partial charge in [-0.2, -0.15) is 0 Å². The van der Waals surface area contributed by atoms with E-state index >= 15 is 0 Å². The van der Waals surface area contributed by atoms with Crippen LogP contribution < -0.4 is 10.6 Å². The minimum absolute atomic E-state index is 0.729. The molecule has 0 aliphatic carbocycles. The Labute approximate surface area is 94.6 Å². The number of piperidine rings is 1. The molecule has 1 unspecified atom stereocenters. The molecule has 1 rings (SSSR count). The summed E-state index contributed by atoms with van der Waals surface area (Å²) in [5.41, 5.74) is 0. The van der Waals surface area contributed by atoms with Crippen LogP contribution in [0.5, 0.6) is 0 Å². The Bertz CT molecular complexity index is 153. The van der Waals surface area contributed by atoms with Gasteiger partial charge in [-0.1, -0.05) is 0 Å². The Kier molecular flexibility index (Phi) is 6.22. The smallest absolute Gasteiger partial charge is 0.00937 e. The van der Waals surface area contributed by atoms with Gasteiger partial charge in [0.25, 0.3) is 0 Å². The molecule has 1 atom stereocenters. The van der Waals surface area contributed by atoms with E-state index in [0.29, 0.717) is 0 Å². The molecule has 0 aromatic carbocycles. The molecule has 0 radical (unpaired) electrons. The van der Waals surface area contributed by atoms with Gasteiger partial charge in [0.05, 0.1) is 0 Å². The fraction of sp³-hybridized carbons (Fsp3) is 1.00. The van der Waals surface area contributed by atoms with Gasteiger partial charge in [-0.3, -0.25) is 0 Å². The van der Waals surface area contributed by atoms with Crippen molar-refractivity contribution in [2.24, 2.45) is 5.92 Å². The third kappa shape index (κ3) is 4.49. The predicted molar refractivity (Wildman–Crippen MR) is 66.2 cm³/mol. The highest BCUT2D eigenvalue weighted by Crippen LogP contribution is 2.22. The van der Waals surface area contributed by atoms with Crippen molar-refractivity contribution >= 4 is 0 Å². The molecule has 0 aromatic rings. The Morgan fingerprint density at radius 3 is 2.47 bits per heavy atom. The topological polar surface area (TPSA) is 27.3 Å². The van der Waals surface area contributed by atoms with Crippen molar-refractivity contribution in [1.29, 1.82) is 0 Å². The summed E-state index contributed by atoms with van der Waals surface area (Å²) in [4.78, 5) is 2.44. The van der Waals surface area contributed by atoms with Crippen LogP contribution >= 0.6 is 0 Å². The minimum atomic E-state index is 0.729. The fourth-order valence-corrected chi connectivity index (χ4v) is 2.55. The molecule has 1 saturated heterocycles. The van der Waals surface area contributed by atoms with Crippen molar-refractivity contribution in [3.8, 4) is 0 Å². The summed E-state index contributed by atoms with van der Waals surface area (Å²) in [5, 5.41) is 6.72. The van der Waals surface area contributed by atoms with Crippen LogP contribution in [0.3, 0.4) is 0 Å². The average Bonchev–Trinajstić information content (AvgIpc) is 2.26. The van der Waals surface area contributed by atoms with Gasteiger partial charge >= 0.3 is 0 Å². The van der Waals surface area contributed by atoms with E-state index in [4.69, 9.17) is 0 Å². The first kappa shape index (κ1) is 12.9. The molecule has 0 bridgehead atoms. The van der Waals surface area contributed by atoms with E-state index in [2.05, 4.69) is 29.6 Å². The summed E-state index contributed by atoms with van der Waals surface area (Å²) in [6.45, 7) is 3.69. The van der Waals surface area contributed by atoms with Gasteiger partial charge in [0, 0.05) is 6.04 Å². The zero-order valence-corrected chi connectivity index (χ0v) is 10.6. The standard InChI is InChI=1S/C12H27N3/c1-13-8-4-5-12(14-2)11-6-9-15(3)10-7-11/h11-14H,4-10H2,1-3H3. The second-order valence-corrected chi connectivity index (χ2v) is 4.78. The second kappa shape index (κ2) is 7.20. The van der Waals surface area contributed by atoms with Crippen LogP contribution in [-0.2, 0) is 0 Å². The van der Waals surface area contributed by atoms with Crippen LogP contribution in [-0.4, -0.2) is 51.7 Å². The molecule has 0 amide bonds. The lowest BCUT2D eigenvalue weighted by Gasteiger charge is -2.34. The minimum Gasteiger partial charge on any atom is -0.320 e. The van der Waals surface area contributed by atoms with E-state index in [1.54, 1.807) is 0 Å². The lowest BCUT2D eigenvalue weighted by Crippen LogP contribution is -2.41. The monoisotopic (exact) mass is 213 g/mol. The summed E-state index contributed by atoms with van der Waals surface area (Å²) < 4.78 is 0. The van der Waals surface area contributed by atoms with Crippen molar-refractivity contribution in [3.63, 3.8) is 0 Å². The predicted octanol–water partition coefficient (Wildman–Crippen LogP) is 0.916. The molecule has 90 valence electrons. The molecule has 15 heavy (non-hydrogen) atoms. The molecular formula is C12H27N3. The summed E-state index contributed by atoms with van der Waals surface area (Å²) in [7, 11) is 6.37. The van der Waals surface area contributed by atoms with Crippen molar-refractivity contribution in [1.82, 2.24) is 15.5 Å². The van der Waals surface area contributed by atoms with E-state index in [9.17, 15) is 0 Å². The highest BCUT2D eigenvalue weighted by Gasteiger charge is 2.23. The van der Waals surface area contributed by atoms with Gasteiger partial charge in [-0.25, -0.2) is 0 Å². The highest BCUT2D eigenvalue weighted by atomic mass is 15.1. The van der Waals surface area contributed by atoms with Gasteiger partial charge in [-0.05, 0) is 72.4 Å². The van der Waals surface area contributed by atoms with Gasteiger partial charge in [0.1, 0.15) is 0 Å². The van der Waals surface area contributed by atoms with Gasteiger partial charge in [0.15, 0.2) is 0 Å². The van der Waals surface area contributed by atoms with E-state index in [-0.39, 0.29) is 0 Å². The van der Waals surface area contributed by atoms with Crippen LogP contribution in [0.25, 0.3) is 0 Å². The van der Waals surface area contributed by atoms with Crippen molar-refractivity contribution in [3.05, 3.63) is 0 Å². The third-order valence-electron chi connectivity index (χ3n) is 3.64. The third-order valence-corrected chi connectivity index (χ3v) is 3.64. The first-order valence-electron chi connectivity index (χ1n) is 6.28. The largest absolute Gasteiger partial charge is 0.320 e. The van der Waals surface area contributed by atoms with E-state index in [1.807, 2.05) is 7.05 Å². The molecule has 1 aliphatic rings. The molecule has 0 aromatic heterocycles. The van der Waals surface area contributed by atoms with Crippen LogP contribution in [0.1, 0.15) is 25.7 Å². The number of hydrogen-bond donors (Lipinski definition) is 2. The molecule has 1 heterocycles. The van der Waals surface area contributed by atoms with Crippen LogP contribution in [0.4, 0.5) is 0 Å². The molecule has 2 N–H and O–H groups in total. The molecule has 0 saturated carbocycles. The number of hydrogen-bond acceptors (Lipinski definition) is 3. The summed E-state index contributed by atoms with van der Waals surface area (Å²) >= 11 is 0. The fourth-order valence-electron chi connectivity index (χ4n) is 2.55. The number of nitrogens with one attached hydrogen (secondary N) is 2. The van der Waals surface area contributed by atoms with Crippen LogP contribution in [0.15, 0.2) is 0 Å². The first-order valence-corrected chi connectivity index (χ1v) is 6.28. The highest BCUT2D eigenvalue weighted by molar-refractivity contribution is 4.80. The van der Waals surface area contributed by atoms with Gasteiger partial charge in [0.2, 0.25) is 0 Å². The quantitative estimate of drug-likeness (QED) is 0.642. The number of rotatable bonds is 6. The number of likely N-dealkylation sites (tertiary alicyclic amines) is 1. The maximum atomic E-state index is 3.50. The molecule has 1 fully saturated rings. The summed E-state index contributed by atoms with van der Waals surface area (Å²) in [6.07, 6.45) is 5.32. The summed E-state index contributed by atoms with van der Waals surface area (Å²) in [6, 6.07) is 0.729. The first-order chi connectivity index (χ1) is 7.27. The van der Waals surface area contributed by atoms with Gasteiger partial charge < -0.3 is 15.5 Å². The SMILES string of the molecule is CNCCCC(NC)C1CCN(C)CC1. The van der Waals surface area contributed by atoms with E-state index < -0.39 is 0 Å². The molecule has 0 spiro atoms. The zero-order valence-electron chi connectivity index (χ0n) is 10.6. The van der Waals surface area contributed by atoms with Gasteiger partial charge in [-0.15, -0.1) is 0 Å². The Morgan fingerprint density at radius 2 is 1.93 bits per heavy atom. The molecule has 3 nitrogen and oxygen atoms in total. The zero-order chi connectivity index (χ0) is 11.1. The lowest BCUT2D eigenvalue weighted by atomic mass is 9.87. The molecular weight excluding hydrogens is 186 g/mol. The Balaban J connectivity index is 2.24. The Hall–Kier alpha value is -0.120. The van der Waals surface area contributed by atoms with E-state index in [0.717, 1.165) is 18.5 Å². The maximum Gasteiger partial charge on any atom is 0.00937 e. The normalized spacial score (nSPS) is 21.8. The molecule has 1 aliphatic heterocycles. The lowest BCUT2D eigenvalue weighted by molar-refractivity contribution is 0.182. The second-order valence-electron chi connectivity index (χ2n) is 4.78. The van der Waals surface area contributed by atoms with Crippen molar-refractivity contribution in [2.45, 2.75) is 31.7 Å². The number of nitrogens with zero attached hydrogens (tertiary/aromatic N) is 1. The van der Waals surface area contributed by atoms with Crippen molar-refractivity contribution < 1.29 is 0 Å². The van der Waals surface area contributed by atoms with Crippen molar-refractivity contribution in [2.75, 3.05) is 40.8 Å². The van der Waals surface area contributed by atoms with Crippen LogP contribution in [0, 0.1) is 5.92 Å². The Morgan fingerprint density at radius 1 is 1.27 bits per heavy atom. The van der Waals surface area contributed by atoms with E-state index in [1.165, 1.54) is 38.8 Å².